The zero-order chi connectivity index (χ0) is 35.0. The van der Waals surface area contributed by atoms with Crippen LogP contribution in [0.2, 0.25) is 0 Å². The number of nitrogens with zero attached hydrogens (tertiary/aromatic N) is 1. The lowest BCUT2D eigenvalue weighted by Gasteiger charge is -2.67. The highest BCUT2D eigenvalue weighted by atomic mass is 16.8. The molecule has 2 unspecified atom stereocenters. The molecule has 0 aliphatic carbocycles. The fourth-order valence-electron chi connectivity index (χ4n) is 5.24. The lowest BCUT2D eigenvalue weighted by Crippen LogP contribution is -2.98. The van der Waals surface area contributed by atoms with Crippen molar-refractivity contribution in [1.29, 1.82) is 0 Å². The first-order valence-corrected chi connectivity index (χ1v) is 11.0. The second kappa shape index (κ2) is 8.97. The minimum absolute atomic E-state index is 0.655. The van der Waals surface area contributed by atoms with Crippen LogP contribution < -0.4 is 9.47 Å². The summed E-state index contributed by atoms with van der Waals surface area (Å²) in [4.78, 5) is 11.5. The summed E-state index contributed by atoms with van der Waals surface area (Å²) in [5, 5.41) is 219. The first kappa shape index (κ1) is 35.8. The molecule has 2 heterocycles. The number of piperidine rings is 1. The van der Waals surface area contributed by atoms with Crippen molar-refractivity contribution in [2.45, 2.75) is 58.1 Å². The number of hydrogen-bond acceptors (Lipinski definition) is 25. The number of phenols is 2. The quantitative estimate of drug-likeness (QED) is 0.100. The van der Waals surface area contributed by atoms with E-state index in [9.17, 15) is 112 Å². The molecule has 0 aromatic heterocycles. The van der Waals surface area contributed by atoms with Crippen LogP contribution in [0.4, 0.5) is 0 Å². The van der Waals surface area contributed by atoms with Gasteiger partial charge in [0.1, 0.15) is 0 Å². The van der Waals surface area contributed by atoms with Gasteiger partial charge in [-0.2, -0.15) is 4.90 Å². The van der Waals surface area contributed by atoms with E-state index in [1.807, 2.05) is 0 Å². The van der Waals surface area contributed by atoms with Crippen LogP contribution in [0, 0.1) is 0 Å². The largest absolute Gasteiger partial charge is 0.504 e. The number of aliphatic hydroxyl groups is 19. The van der Waals surface area contributed by atoms with Gasteiger partial charge in [0.2, 0.25) is 23.0 Å². The third-order valence-electron chi connectivity index (χ3n) is 7.48. The molecule has 0 amide bonds. The van der Waals surface area contributed by atoms with Gasteiger partial charge in [-0.05, 0) is 0 Å². The van der Waals surface area contributed by atoms with Crippen molar-refractivity contribution in [2.75, 3.05) is 14.2 Å². The van der Waals surface area contributed by atoms with Gasteiger partial charge in [-0.1, -0.05) is 0 Å². The Bertz CT molecular complexity index is 1370. The highest BCUT2D eigenvalue weighted by molar-refractivity contribution is 5.98. The van der Waals surface area contributed by atoms with E-state index in [0.717, 1.165) is 0 Å². The molecule has 2 aliphatic heterocycles. The molecule has 1 fully saturated rings. The molecule has 252 valence electrons. The second-order valence-electron chi connectivity index (χ2n) is 9.83. The molecule has 2 atom stereocenters. The Kier molecular flexibility index (Phi) is 7.29. The summed E-state index contributed by atoms with van der Waals surface area (Å²) >= 11 is 0. The van der Waals surface area contributed by atoms with Crippen LogP contribution in [0.5, 0.6) is 23.0 Å². The van der Waals surface area contributed by atoms with Gasteiger partial charge in [0, 0.05) is 0 Å². The van der Waals surface area contributed by atoms with E-state index >= 15 is 0 Å². The minimum Gasteiger partial charge on any atom is -0.504 e. The van der Waals surface area contributed by atoms with Crippen molar-refractivity contribution in [3.8, 4) is 23.0 Å². The van der Waals surface area contributed by atoms with Crippen molar-refractivity contribution in [1.82, 2.24) is 4.90 Å². The number of carbonyl (C=O) groups excluding carboxylic acids is 1. The number of fused-ring (bicyclic) bond motifs is 3. The van der Waals surface area contributed by atoms with E-state index in [1.165, 1.54) is 0 Å². The van der Waals surface area contributed by atoms with Gasteiger partial charge < -0.3 is 117 Å². The molecule has 1 saturated heterocycles. The molecule has 44 heavy (non-hydrogen) atoms. The van der Waals surface area contributed by atoms with E-state index in [4.69, 9.17) is 0 Å². The molecule has 25 heteroatoms. The maximum atomic E-state index is 13.4. The Morgan fingerprint density at radius 1 is 0.591 bits per heavy atom. The minimum atomic E-state index is -6.22. The zero-order valence-electron chi connectivity index (χ0n) is 21.6. The Morgan fingerprint density at radius 2 is 0.955 bits per heavy atom. The number of aromatic hydroxyl groups is 2. The van der Waals surface area contributed by atoms with E-state index < -0.39 is 103 Å². The van der Waals surface area contributed by atoms with Crippen molar-refractivity contribution in [2.24, 2.45) is 0 Å². The first-order chi connectivity index (χ1) is 19.2. The highest BCUT2D eigenvalue weighted by Crippen LogP contribution is 2.66. The standard InChI is InChI=1S/C19H27NO24/c1-43-7-5(21)3-4(6(22)8(7)44-2)12(26,27)17(35,36)20-11(3,25)13(28,29)9(23)10(24,16(20,33)34)15(31,32)14(30,18(37,38)39)19(40,41)42/h21-22,24-42H,1-2H3. The number of ketones is 1. The molecule has 0 bridgehead atoms. The summed E-state index contributed by atoms with van der Waals surface area (Å²) in [5.41, 5.74) is -21.4. The van der Waals surface area contributed by atoms with Gasteiger partial charge in [0.05, 0.1) is 25.3 Å². The lowest BCUT2D eigenvalue weighted by molar-refractivity contribution is -0.596. The van der Waals surface area contributed by atoms with Gasteiger partial charge in [-0.25, -0.2) is 0 Å². The molecular weight excluding hydrogens is 626 g/mol. The smallest absolute Gasteiger partial charge is 0.320 e. The van der Waals surface area contributed by atoms with E-state index in [2.05, 4.69) is 9.47 Å². The predicted molar refractivity (Wildman–Crippen MR) is 117 cm³/mol. The van der Waals surface area contributed by atoms with Crippen molar-refractivity contribution < 1.29 is 122 Å². The number of ether oxygens (including phenoxy) is 2. The molecular formula is C19H27NO24. The fourth-order valence-corrected chi connectivity index (χ4v) is 5.24. The fraction of sp³-hybridized carbons (Fsp3) is 0.632. The van der Waals surface area contributed by atoms with Crippen LogP contribution in [0.1, 0.15) is 11.1 Å². The van der Waals surface area contributed by atoms with E-state index in [1.54, 1.807) is 0 Å². The first-order valence-electron chi connectivity index (χ1n) is 11.0. The highest BCUT2D eigenvalue weighted by Gasteiger charge is 2.94. The van der Waals surface area contributed by atoms with E-state index in [0.29, 0.717) is 14.2 Å². The monoisotopic (exact) mass is 653 g/mol. The van der Waals surface area contributed by atoms with Crippen molar-refractivity contribution in [3.63, 3.8) is 0 Å². The van der Waals surface area contributed by atoms with Crippen LogP contribution in [-0.2, 0) is 16.3 Å². The van der Waals surface area contributed by atoms with Crippen molar-refractivity contribution in [3.05, 3.63) is 11.1 Å². The third kappa shape index (κ3) is 3.39. The molecule has 0 spiro atoms. The predicted octanol–water partition coefficient (Wildman–Crippen LogP) is -12.3. The topological polar surface area (TPSA) is 464 Å². The molecule has 2 aliphatic rings. The normalized spacial score (nSPS) is 28.2. The van der Waals surface area contributed by atoms with Gasteiger partial charge in [-0.15, -0.1) is 0 Å². The maximum Gasteiger partial charge on any atom is 0.320 e. The van der Waals surface area contributed by atoms with Gasteiger partial charge in [-0.3, -0.25) is 4.79 Å². The van der Waals surface area contributed by atoms with Crippen LogP contribution in [0.15, 0.2) is 0 Å². The van der Waals surface area contributed by atoms with Crippen LogP contribution in [0.25, 0.3) is 0 Å². The summed E-state index contributed by atoms with van der Waals surface area (Å²) in [6.45, 7) is 0. The summed E-state index contributed by atoms with van der Waals surface area (Å²) in [7, 11) is 1.35. The molecule has 25 nitrogen and oxygen atoms in total. The number of carbonyl (C=O) groups is 1. The molecule has 1 aromatic rings. The average Bonchev–Trinajstić information content (AvgIpc) is 2.83. The zero-order valence-corrected chi connectivity index (χ0v) is 21.6. The summed E-state index contributed by atoms with van der Waals surface area (Å²) < 4.78 is 9.32. The summed E-state index contributed by atoms with van der Waals surface area (Å²) in [6, 6.07) is 0. The number of Topliss-reactive ketones (excluding diaryl/α,β-unsaturated/α-hetero) is 1. The Balaban J connectivity index is 2.69. The molecule has 1 aromatic carbocycles. The third-order valence-corrected chi connectivity index (χ3v) is 7.48. The number of methoxy groups -OCH3 is 2. The molecule has 3 rings (SSSR count). The Morgan fingerprint density at radius 3 is 1.30 bits per heavy atom. The molecule has 0 radical (unpaired) electrons. The Hall–Kier alpha value is -2.71. The number of rotatable bonds is 6. The van der Waals surface area contributed by atoms with Gasteiger partial charge in [0.25, 0.3) is 40.4 Å². The molecule has 21 N–H and O–H groups in total. The summed E-state index contributed by atoms with van der Waals surface area (Å²) in [5.74, 6) is -49.1. The molecule has 0 saturated carbocycles. The van der Waals surface area contributed by atoms with Crippen molar-refractivity contribution >= 4 is 5.78 Å². The number of hydrogen-bond donors (Lipinski definition) is 21. The Labute approximate surface area is 239 Å². The average molecular weight is 653 g/mol. The number of phenolic OH excluding ortho intramolecular Hbond substituents is 2. The lowest BCUT2D eigenvalue weighted by atomic mass is 9.62. The van der Waals surface area contributed by atoms with Crippen LogP contribution >= 0.6 is 0 Å². The SMILES string of the molecule is COc1c(O)c2c(c(O)c1OC)C1(O)N(C(O)(O)C2(O)O)C(O)(O)C(O)(C(O)(O)C(O)(C(O)(O)O)C(O)(O)O)C(=O)C1(O)O. The maximum absolute atomic E-state index is 13.4. The van der Waals surface area contributed by atoms with E-state index in [-0.39, 0.29) is 0 Å². The van der Waals surface area contributed by atoms with Gasteiger partial charge >= 0.3 is 11.9 Å². The number of benzene rings is 1. The summed E-state index contributed by atoms with van der Waals surface area (Å²) in [6.07, 6.45) is 0. The van der Waals surface area contributed by atoms with Gasteiger partial charge in [0.15, 0.2) is 11.5 Å². The second-order valence-corrected chi connectivity index (χ2v) is 9.83. The van der Waals surface area contributed by atoms with Crippen LogP contribution in [-0.4, -0.2) is 179 Å². The van der Waals surface area contributed by atoms with Crippen LogP contribution in [0.3, 0.4) is 0 Å².